The van der Waals surface area contributed by atoms with Gasteiger partial charge in [0.2, 0.25) is 5.78 Å². The number of fused-ring (bicyclic) bond motifs is 3. The highest BCUT2D eigenvalue weighted by Crippen LogP contribution is 2.56. The van der Waals surface area contributed by atoms with Gasteiger partial charge in [0.25, 0.3) is 5.91 Å². The van der Waals surface area contributed by atoms with Crippen LogP contribution in [0.3, 0.4) is 0 Å². The number of phenols is 1. The van der Waals surface area contributed by atoms with E-state index in [0.29, 0.717) is 5.56 Å². The Morgan fingerprint density at radius 2 is 1.82 bits per heavy atom. The second kappa shape index (κ2) is 9.73. The summed E-state index contributed by atoms with van der Waals surface area (Å²) in [5.41, 5.74) is 1.10. The lowest BCUT2D eigenvalue weighted by Crippen LogP contribution is -2.70. The summed E-state index contributed by atoms with van der Waals surface area (Å²) < 4.78 is 0. The van der Waals surface area contributed by atoms with Crippen molar-refractivity contribution < 1.29 is 49.8 Å². The predicted octanol–water partition coefficient (Wildman–Crippen LogP) is -0.316. The van der Waals surface area contributed by atoms with Gasteiger partial charge in [-0.3, -0.25) is 24.1 Å². The summed E-state index contributed by atoms with van der Waals surface area (Å²) in [6.45, 7) is 0. The zero-order valence-electron chi connectivity index (χ0n) is 20.5. The molecule has 0 aliphatic heterocycles. The number of aromatic hydroxyl groups is 1. The topological polar surface area (TPSA) is 219 Å². The number of ketones is 2. The summed E-state index contributed by atoms with van der Waals surface area (Å²) in [6, 6.07) is 2.91. The number of carboxylic acids is 1. The molecule has 13 heteroatoms. The van der Waals surface area contributed by atoms with Crippen molar-refractivity contribution in [3.63, 3.8) is 0 Å². The summed E-state index contributed by atoms with van der Waals surface area (Å²) in [5.74, 6) is -10.4. The van der Waals surface area contributed by atoms with Gasteiger partial charge in [-0.25, -0.2) is 0 Å². The van der Waals surface area contributed by atoms with Gasteiger partial charge in [0.05, 0.1) is 30.0 Å². The molecule has 1 aromatic carbocycles. The maximum atomic E-state index is 14.0. The number of carbonyl (C=O) groups excluding carboxylic acids is 3. The van der Waals surface area contributed by atoms with Gasteiger partial charge >= 0.3 is 5.97 Å². The molecule has 6 atom stereocenters. The van der Waals surface area contributed by atoms with Crippen molar-refractivity contribution in [1.82, 2.24) is 4.90 Å². The van der Waals surface area contributed by atoms with Crippen molar-refractivity contribution in [3.05, 3.63) is 46.2 Å². The zero-order chi connectivity index (χ0) is 28.3. The molecule has 1 aromatic rings. The number of thioether (sulfide) groups is 1. The first-order valence-electron chi connectivity index (χ1n) is 11.7. The molecular weight excluding hydrogens is 520 g/mol. The quantitative estimate of drug-likeness (QED) is 0.172. The lowest BCUT2D eigenvalue weighted by Gasteiger charge is -2.54. The van der Waals surface area contributed by atoms with Crippen LogP contribution >= 0.6 is 11.8 Å². The standard InChI is InChI=1S/C25H28N2O10S/c1-27(2)18-17-20(32)14-10(8-38-7-6-12(29)30)9-4-3-5-11(28)13(9)19(31)15(14)22(34)25(17,37)23(35)16(21(18)33)24(26)36/h3-5,10,14,17-18,20,28,31-32,35,37H,6-8H2,1-2H3,(H2,26,36)(H,29,30)/t10-,14?,17?,18-,20?,25-/m0/s1. The monoisotopic (exact) mass is 548 g/mol. The van der Waals surface area contributed by atoms with E-state index in [4.69, 9.17) is 10.8 Å². The fourth-order valence-electron chi connectivity index (χ4n) is 5.96. The number of phenolic OH excluding ortho intramolecular Hbond substituents is 1. The van der Waals surface area contributed by atoms with Crippen LogP contribution in [0.2, 0.25) is 0 Å². The molecule has 0 saturated heterocycles. The minimum Gasteiger partial charge on any atom is -0.508 e. The van der Waals surface area contributed by atoms with Crippen molar-refractivity contribution in [3.8, 4) is 5.75 Å². The number of nitrogens with two attached hydrogens (primary N) is 1. The number of likely N-dealkylation sites (N-methyl/N-ethyl adjacent to an activating group) is 1. The van der Waals surface area contributed by atoms with E-state index in [1.54, 1.807) is 6.07 Å². The molecular formula is C25H28N2O10S. The highest BCUT2D eigenvalue weighted by atomic mass is 32.2. The first-order chi connectivity index (χ1) is 17.8. The molecule has 1 amide bonds. The van der Waals surface area contributed by atoms with Gasteiger partial charge in [-0.05, 0) is 25.7 Å². The maximum Gasteiger partial charge on any atom is 0.304 e. The number of amides is 1. The summed E-state index contributed by atoms with van der Waals surface area (Å²) in [5, 5.41) is 65.1. The molecule has 204 valence electrons. The first kappa shape index (κ1) is 27.6. The number of nitrogens with zero attached hydrogens (tertiary/aromatic N) is 1. The third-order valence-electron chi connectivity index (χ3n) is 7.56. The van der Waals surface area contributed by atoms with Gasteiger partial charge in [-0.15, -0.1) is 0 Å². The number of aliphatic hydroxyl groups excluding tert-OH is 3. The van der Waals surface area contributed by atoms with E-state index < -0.39 is 81.6 Å². The third kappa shape index (κ3) is 3.88. The van der Waals surface area contributed by atoms with Gasteiger partial charge < -0.3 is 36.4 Å². The Balaban J connectivity index is 1.96. The van der Waals surface area contributed by atoms with E-state index in [0.717, 1.165) is 0 Å². The van der Waals surface area contributed by atoms with Crippen molar-refractivity contribution in [1.29, 1.82) is 0 Å². The number of rotatable bonds is 7. The van der Waals surface area contributed by atoms with E-state index in [1.165, 1.54) is 42.9 Å². The number of aliphatic hydroxyl groups is 4. The average Bonchev–Trinajstić information content (AvgIpc) is 2.82. The number of hydrogen-bond acceptors (Lipinski definition) is 11. The highest BCUT2D eigenvalue weighted by molar-refractivity contribution is 7.99. The molecule has 0 radical (unpaired) electrons. The second-order valence-corrected chi connectivity index (χ2v) is 11.0. The fraction of sp³-hybridized carbons (Fsp3) is 0.440. The lowest BCUT2D eigenvalue weighted by atomic mass is 9.54. The Hall–Kier alpha value is -3.39. The van der Waals surface area contributed by atoms with Crippen LogP contribution in [0.4, 0.5) is 0 Å². The first-order valence-corrected chi connectivity index (χ1v) is 12.9. The molecule has 0 bridgehead atoms. The number of Topliss-reactive ketones (excluding diaryl/α,β-unsaturated/α-hetero) is 2. The van der Waals surface area contributed by atoms with Crippen LogP contribution in [-0.2, 0) is 19.2 Å². The number of carboxylic acid groups (broad SMARTS) is 1. The predicted molar refractivity (Wildman–Crippen MR) is 134 cm³/mol. The van der Waals surface area contributed by atoms with Crippen LogP contribution in [0.1, 0.15) is 23.5 Å². The Labute approximate surface area is 221 Å². The Morgan fingerprint density at radius 1 is 1.16 bits per heavy atom. The zero-order valence-corrected chi connectivity index (χ0v) is 21.3. The molecule has 3 aliphatic rings. The van der Waals surface area contributed by atoms with Gasteiger partial charge in [-0.1, -0.05) is 12.1 Å². The molecule has 3 unspecified atom stereocenters. The van der Waals surface area contributed by atoms with Crippen molar-refractivity contribution in [2.75, 3.05) is 25.6 Å². The summed E-state index contributed by atoms with van der Waals surface area (Å²) in [7, 11) is 2.86. The second-order valence-electron chi connectivity index (χ2n) is 9.83. The third-order valence-corrected chi connectivity index (χ3v) is 8.64. The average molecular weight is 549 g/mol. The van der Waals surface area contributed by atoms with E-state index in [-0.39, 0.29) is 29.2 Å². The normalized spacial score (nSPS) is 30.7. The largest absolute Gasteiger partial charge is 0.508 e. The van der Waals surface area contributed by atoms with E-state index in [1.807, 2.05) is 0 Å². The molecule has 1 saturated carbocycles. The van der Waals surface area contributed by atoms with Crippen LogP contribution in [0.5, 0.6) is 5.75 Å². The molecule has 4 rings (SSSR count). The van der Waals surface area contributed by atoms with E-state index in [9.17, 15) is 44.7 Å². The summed E-state index contributed by atoms with van der Waals surface area (Å²) in [6.07, 6.45) is -1.87. The minimum atomic E-state index is -2.99. The van der Waals surface area contributed by atoms with Crippen molar-refractivity contribution >= 4 is 41.0 Å². The van der Waals surface area contributed by atoms with E-state index in [2.05, 4.69) is 0 Å². The number of carbonyl (C=O) groups is 4. The molecule has 0 heterocycles. The molecule has 3 aliphatic carbocycles. The molecule has 0 aromatic heterocycles. The van der Waals surface area contributed by atoms with Crippen LogP contribution in [0, 0.1) is 11.8 Å². The summed E-state index contributed by atoms with van der Waals surface area (Å²) >= 11 is 1.21. The van der Waals surface area contributed by atoms with Gasteiger partial charge in [0.15, 0.2) is 11.4 Å². The Kier molecular flexibility index (Phi) is 7.08. The van der Waals surface area contributed by atoms with Gasteiger partial charge in [-0.2, -0.15) is 11.8 Å². The Morgan fingerprint density at radius 3 is 2.39 bits per heavy atom. The molecule has 12 nitrogen and oxygen atoms in total. The van der Waals surface area contributed by atoms with Crippen LogP contribution in [-0.4, -0.2) is 102 Å². The minimum absolute atomic E-state index is 0.111. The summed E-state index contributed by atoms with van der Waals surface area (Å²) in [4.78, 5) is 51.6. The Bertz CT molecular complexity index is 1300. The molecule has 38 heavy (non-hydrogen) atoms. The van der Waals surface area contributed by atoms with Gasteiger partial charge in [0, 0.05) is 28.9 Å². The highest BCUT2D eigenvalue weighted by Gasteiger charge is 2.68. The number of aliphatic carboxylic acids is 1. The van der Waals surface area contributed by atoms with Crippen LogP contribution < -0.4 is 5.73 Å². The fourth-order valence-corrected chi connectivity index (χ4v) is 7.09. The molecule has 0 spiro atoms. The van der Waals surface area contributed by atoms with Crippen LogP contribution in [0.15, 0.2) is 35.1 Å². The van der Waals surface area contributed by atoms with Gasteiger partial charge in [0.1, 0.15) is 22.8 Å². The van der Waals surface area contributed by atoms with Crippen molar-refractivity contribution in [2.45, 2.75) is 30.1 Å². The van der Waals surface area contributed by atoms with E-state index >= 15 is 0 Å². The smallest absolute Gasteiger partial charge is 0.304 e. The molecule has 1 fully saturated rings. The van der Waals surface area contributed by atoms with Crippen LogP contribution in [0.25, 0.3) is 5.76 Å². The number of benzene rings is 1. The SMILES string of the molecule is CN(C)[C@@H]1C(=O)C(C(N)=O)=C(O)[C@@]2(O)C(=O)C3=C(O)c4c(O)cccc4[C@H](CSCCC(=O)O)C3C(O)C12. The number of primary amides is 1. The lowest BCUT2D eigenvalue weighted by molar-refractivity contribution is -0.169. The maximum absolute atomic E-state index is 14.0. The molecule has 8 N–H and O–H groups in total. The number of hydrogen-bond donors (Lipinski definition) is 7. The van der Waals surface area contributed by atoms with Crippen molar-refractivity contribution in [2.24, 2.45) is 17.6 Å².